The number of methoxy groups -OCH3 is 1. The summed E-state index contributed by atoms with van der Waals surface area (Å²) in [6.45, 7) is 3.80. The number of nitro benzene ring substituents is 1. The maximum atomic E-state index is 11.9. The molecule has 0 saturated heterocycles. The zero-order valence-corrected chi connectivity index (χ0v) is 11.8. The number of anilines is 1. The molecule has 7 heteroatoms. The van der Waals surface area contributed by atoms with Crippen LogP contribution in [0.25, 0.3) is 0 Å². The maximum absolute atomic E-state index is 11.9. The van der Waals surface area contributed by atoms with Gasteiger partial charge < -0.3 is 15.8 Å². The van der Waals surface area contributed by atoms with Crippen molar-refractivity contribution in [1.82, 2.24) is 0 Å². The van der Waals surface area contributed by atoms with Gasteiger partial charge in [0.25, 0.3) is 5.69 Å². The van der Waals surface area contributed by atoms with Crippen LogP contribution in [0.3, 0.4) is 0 Å². The Morgan fingerprint density at radius 3 is 2.65 bits per heavy atom. The number of nitrogens with zero attached hydrogens (tertiary/aromatic N) is 1. The molecule has 1 rings (SSSR count). The molecule has 110 valence electrons. The van der Waals surface area contributed by atoms with E-state index in [1.165, 1.54) is 13.2 Å². The van der Waals surface area contributed by atoms with Gasteiger partial charge in [0.05, 0.1) is 16.7 Å². The predicted octanol–water partition coefficient (Wildman–Crippen LogP) is 1.51. The summed E-state index contributed by atoms with van der Waals surface area (Å²) in [7, 11) is 1.53. The van der Waals surface area contributed by atoms with E-state index in [4.69, 9.17) is 10.5 Å². The van der Waals surface area contributed by atoms with Crippen LogP contribution in [0.2, 0.25) is 0 Å². The van der Waals surface area contributed by atoms with E-state index in [1.54, 1.807) is 19.9 Å². The molecule has 1 amide bonds. The minimum absolute atomic E-state index is 0.0311. The van der Waals surface area contributed by atoms with E-state index in [1.807, 2.05) is 0 Å². The summed E-state index contributed by atoms with van der Waals surface area (Å²) in [6, 6.07) is 2.30. The Kier molecular flexibility index (Phi) is 5.60. The molecule has 1 aromatic rings. The summed E-state index contributed by atoms with van der Waals surface area (Å²) >= 11 is 0. The first-order valence-electron chi connectivity index (χ1n) is 6.17. The number of benzene rings is 1. The van der Waals surface area contributed by atoms with E-state index in [2.05, 4.69) is 5.32 Å². The number of hydrogen-bond acceptors (Lipinski definition) is 5. The fourth-order valence-electron chi connectivity index (χ4n) is 1.77. The van der Waals surface area contributed by atoms with Gasteiger partial charge in [-0.25, -0.2) is 0 Å². The van der Waals surface area contributed by atoms with Crippen molar-refractivity contribution in [2.75, 3.05) is 19.0 Å². The first-order chi connectivity index (χ1) is 9.36. The van der Waals surface area contributed by atoms with Crippen molar-refractivity contribution in [3.63, 3.8) is 0 Å². The topological polar surface area (TPSA) is 107 Å². The Morgan fingerprint density at radius 2 is 2.10 bits per heavy atom. The molecule has 1 atom stereocenters. The minimum atomic E-state index is -0.713. The zero-order chi connectivity index (χ0) is 15.3. The number of nitrogens with two attached hydrogens (primary N) is 1. The quantitative estimate of drug-likeness (QED) is 0.607. The number of amides is 1. The highest BCUT2D eigenvalue weighted by atomic mass is 16.6. The molecule has 1 unspecified atom stereocenters. The van der Waals surface area contributed by atoms with Crippen molar-refractivity contribution in [1.29, 1.82) is 0 Å². The minimum Gasteiger partial charge on any atom is -0.385 e. The van der Waals surface area contributed by atoms with E-state index >= 15 is 0 Å². The second-order valence-corrected chi connectivity index (χ2v) is 4.59. The first kappa shape index (κ1) is 16.1. The molecule has 0 radical (unpaired) electrons. The molecular formula is C13H19N3O4. The van der Waals surface area contributed by atoms with Crippen LogP contribution >= 0.6 is 0 Å². The standard InChI is InChI=1S/C13H19N3O4/c1-8-6-9(2)12(16(18)19)7-11(8)15-13(17)10(14)4-5-20-3/h6-7,10H,4-5,14H2,1-3H3,(H,15,17). The SMILES string of the molecule is COCCC(N)C(=O)Nc1cc([N+](=O)[O-])c(C)cc1C. The monoisotopic (exact) mass is 281 g/mol. The van der Waals surface area contributed by atoms with Gasteiger partial charge in [-0.15, -0.1) is 0 Å². The first-order valence-corrected chi connectivity index (χ1v) is 6.17. The van der Waals surface area contributed by atoms with Gasteiger partial charge in [0.1, 0.15) is 0 Å². The van der Waals surface area contributed by atoms with E-state index in [0.717, 1.165) is 5.56 Å². The van der Waals surface area contributed by atoms with Gasteiger partial charge in [-0.2, -0.15) is 0 Å². The Labute approximate surface area is 117 Å². The lowest BCUT2D eigenvalue weighted by Crippen LogP contribution is -2.36. The normalized spacial score (nSPS) is 12.0. The third-order valence-electron chi connectivity index (χ3n) is 2.97. The highest BCUT2D eigenvalue weighted by Gasteiger charge is 2.18. The Balaban J connectivity index is 2.89. The average molecular weight is 281 g/mol. The third kappa shape index (κ3) is 4.01. The summed E-state index contributed by atoms with van der Waals surface area (Å²) in [5.74, 6) is -0.386. The van der Waals surface area contributed by atoms with Gasteiger partial charge >= 0.3 is 0 Å². The molecule has 3 N–H and O–H groups in total. The smallest absolute Gasteiger partial charge is 0.274 e. The number of rotatable bonds is 6. The molecule has 0 fully saturated rings. The van der Waals surface area contributed by atoms with Crippen LogP contribution in [-0.4, -0.2) is 30.6 Å². The van der Waals surface area contributed by atoms with E-state index in [-0.39, 0.29) is 11.6 Å². The van der Waals surface area contributed by atoms with Crippen molar-refractivity contribution in [2.45, 2.75) is 26.3 Å². The van der Waals surface area contributed by atoms with Gasteiger partial charge in [0, 0.05) is 25.3 Å². The van der Waals surface area contributed by atoms with Gasteiger partial charge in [0.15, 0.2) is 0 Å². The number of aryl methyl sites for hydroxylation is 2. The molecule has 0 aliphatic rings. The van der Waals surface area contributed by atoms with Crippen LogP contribution in [0.4, 0.5) is 11.4 Å². The van der Waals surface area contributed by atoms with Crippen molar-refractivity contribution >= 4 is 17.3 Å². The number of nitrogens with one attached hydrogen (secondary N) is 1. The summed E-state index contributed by atoms with van der Waals surface area (Å²) in [5, 5.41) is 13.5. The number of carbonyl (C=O) groups excluding carboxylic acids is 1. The van der Waals surface area contributed by atoms with Crippen molar-refractivity contribution in [3.8, 4) is 0 Å². The van der Waals surface area contributed by atoms with Crippen LogP contribution in [0.5, 0.6) is 0 Å². The molecule has 0 aromatic heterocycles. The largest absolute Gasteiger partial charge is 0.385 e. The van der Waals surface area contributed by atoms with Crippen LogP contribution in [-0.2, 0) is 9.53 Å². The number of hydrogen-bond donors (Lipinski definition) is 2. The lowest BCUT2D eigenvalue weighted by molar-refractivity contribution is -0.385. The fraction of sp³-hybridized carbons (Fsp3) is 0.462. The van der Waals surface area contributed by atoms with Crippen LogP contribution in [0.1, 0.15) is 17.5 Å². The molecule has 1 aromatic carbocycles. The van der Waals surface area contributed by atoms with Crippen LogP contribution < -0.4 is 11.1 Å². The summed E-state index contributed by atoms with van der Waals surface area (Å²) < 4.78 is 4.85. The molecule has 0 spiro atoms. The van der Waals surface area contributed by atoms with Gasteiger partial charge in [-0.05, 0) is 31.9 Å². The second kappa shape index (κ2) is 6.97. The van der Waals surface area contributed by atoms with Gasteiger partial charge in [-0.3, -0.25) is 14.9 Å². The molecule has 0 saturated carbocycles. The van der Waals surface area contributed by atoms with E-state index in [9.17, 15) is 14.9 Å². The van der Waals surface area contributed by atoms with Crippen molar-refractivity contribution in [3.05, 3.63) is 33.4 Å². The van der Waals surface area contributed by atoms with Gasteiger partial charge in [0.2, 0.25) is 5.91 Å². The number of carbonyl (C=O) groups is 1. The number of nitro groups is 1. The summed E-state index contributed by atoms with van der Waals surface area (Å²) in [5.41, 5.74) is 7.38. The molecule has 0 aliphatic heterocycles. The molecule has 7 nitrogen and oxygen atoms in total. The average Bonchev–Trinajstić information content (AvgIpc) is 2.38. The lowest BCUT2D eigenvalue weighted by Gasteiger charge is -2.14. The maximum Gasteiger partial charge on any atom is 0.274 e. The highest BCUT2D eigenvalue weighted by Crippen LogP contribution is 2.26. The Bertz CT molecular complexity index is 517. The molecular weight excluding hydrogens is 262 g/mol. The van der Waals surface area contributed by atoms with Crippen LogP contribution in [0, 0.1) is 24.0 Å². The van der Waals surface area contributed by atoms with Crippen molar-refractivity contribution in [2.24, 2.45) is 5.73 Å². The summed E-state index contributed by atoms with van der Waals surface area (Å²) in [6.07, 6.45) is 0.384. The van der Waals surface area contributed by atoms with Gasteiger partial charge in [-0.1, -0.05) is 0 Å². The lowest BCUT2D eigenvalue weighted by atomic mass is 10.1. The molecule has 0 aliphatic carbocycles. The summed E-state index contributed by atoms with van der Waals surface area (Å²) in [4.78, 5) is 22.3. The predicted molar refractivity (Wildman–Crippen MR) is 75.7 cm³/mol. The third-order valence-corrected chi connectivity index (χ3v) is 2.97. The second-order valence-electron chi connectivity index (χ2n) is 4.59. The fourth-order valence-corrected chi connectivity index (χ4v) is 1.77. The number of ether oxygens (including phenoxy) is 1. The highest BCUT2D eigenvalue weighted by molar-refractivity contribution is 5.95. The molecule has 0 bridgehead atoms. The Hall–Kier alpha value is -1.99. The van der Waals surface area contributed by atoms with E-state index < -0.39 is 11.0 Å². The Morgan fingerprint density at radius 1 is 1.45 bits per heavy atom. The van der Waals surface area contributed by atoms with E-state index in [0.29, 0.717) is 24.3 Å². The zero-order valence-electron chi connectivity index (χ0n) is 11.8. The molecule has 0 heterocycles. The van der Waals surface area contributed by atoms with Crippen molar-refractivity contribution < 1.29 is 14.5 Å². The molecule has 20 heavy (non-hydrogen) atoms. The van der Waals surface area contributed by atoms with Crippen LogP contribution in [0.15, 0.2) is 12.1 Å².